The second-order valence-corrected chi connectivity index (χ2v) is 10.1. The summed E-state index contributed by atoms with van der Waals surface area (Å²) in [6.45, 7) is 5.52. The predicted octanol–water partition coefficient (Wildman–Crippen LogP) is 6.35. The molecule has 0 heterocycles. The number of hydrogen-bond acceptors (Lipinski definition) is 4. The van der Waals surface area contributed by atoms with Gasteiger partial charge in [0.15, 0.2) is 0 Å². The fourth-order valence-corrected chi connectivity index (χ4v) is 4.62. The molecule has 4 rings (SSSR count). The zero-order chi connectivity index (χ0) is 25.9. The van der Waals surface area contributed by atoms with E-state index in [1.807, 2.05) is 24.3 Å². The highest BCUT2D eigenvalue weighted by molar-refractivity contribution is 5.82. The van der Waals surface area contributed by atoms with Crippen LogP contribution in [0.4, 0.5) is 9.18 Å². The summed E-state index contributed by atoms with van der Waals surface area (Å²) in [5, 5.41) is 0. The first-order valence-corrected chi connectivity index (χ1v) is 12.2. The number of benzene rings is 3. The summed E-state index contributed by atoms with van der Waals surface area (Å²) >= 11 is 0. The van der Waals surface area contributed by atoms with E-state index in [4.69, 9.17) is 9.47 Å². The summed E-state index contributed by atoms with van der Waals surface area (Å²) in [5.41, 5.74) is 4.70. The van der Waals surface area contributed by atoms with Gasteiger partial charge in [0.1, 0.15) is 24.1 Å². The molecule has 6 heteroatoms. The maximum atomic E-state index is 13.3. The molecular weight excluding hydrogens is 457 g/mol. The topological polar surface area (TPSA) is 55.8 Å². The molecule has 1 aliphatic carbocycles. The van der Waals surface area contributed by atoms with Gasteiger partial charge in [-0.2, -0.15) is 0 Å². The van der Waals surface area contributed by atoms with Crippen LogP contribution in [-0.2, 0) is 20.7 Å². The first kappa shape index (κ1) is 25.4. The summed E-state index contributed by atoms with van der Waals surface area (Å²) < 4.78 is 24.6. The van der Waals surface area contributed by atoms with Gasteiger partial charge in [-0.25, -0.2) is 14.0 Å². The van der Waals surface area contributed by atoms with Crippen molar-refractivity contribution in [2.45, 2.75) is 51.2 Å². The largest absolute Gasteiger partial charge is 0.458 e. The minimum absolute atomic E-state index is 0.0751. The summed E-state index contributed by atoms with van der Waals surface area (Å²) in [5.74, 6) is -0.896. The number of fused-ring (bicyclic) bond motifs is 3. The standard InChI is InChI=1S/C30H32FNO4/c1-30(2,3)36-28(33)27(18-15-20-13-16-21(31)17-14-20)32(4)29(34)35-19-26-24-11-7-5-9-22(24)23-10-6-8-12-25(23)26/h5-14,16-17,26-27H,15,18-19H2,1-4H3. The van der Waals surface area contributed by atoms with E-state index in [-0.39, 0.29) is 18.3 Å². The zero-order valence-corrected chi connectivity index (χ0v) is 21.2. The molecule has 1 unspecified atom stereocenters. The van der Waals surface area contributed by atoms with Gasteiger partial charge in [-0.3, -0.25) is 4.90 Å². The summed E-state index contributed by atoms with van der Waals surface area (Å²) in [7, 11) is 1.55. The second kappa shape index (κ2) is 10.5. The Morgan fingerprint density at radius 3 is 2.03 bits per heavy atom. The van der Waals surface area contributed by atoms with Crippen LogP contribution in [0.1, 0.15) is 49.8 Å². The van der Waals surface area contributed by atoms with Gasteiger partial charge in [-0.15, -0.1) is 0 Å². The first-order valence-electron chi connectivity index (χ1n) is 12.2. The van der Waals surface area contributed by atoms with Crippen molar-refractivity contribution in [3.8, 4) is 11.1 Å². The van der Waals surface area contributed by atoms with Gasteiger partial charge in [0.05, 0.1) is 0 Å². The second-order valence-electron chi connectivity index (χ2n) is 10.1. The molecule has 0 saturated heterocycles. The van der Waals surface area contributed by atoms with Crippen molar-refractivity contribution < 1.29 is 23.5 Å². The number of aryl methyl sites for hydroxylation is 1. The monoisotopic (exact) mass is 489 g/mol. The third kappa shape index (κ3) is 5.76. The van der Waals surface area contributed by atoms with E-state index in [1.165, 1.54) is 17.0 Å². The third-order valence-corrected chi connectivity index (χ3v) is 6.39. The number of carbonyl (C=O) groups excluding carboxylic acids is 2. The SMILES string of the molecule is CN(C(=O)OCC1c2ccccc2-c2ccccc21)C(CCc1ccc(F)cc1)C(=O)OC(C)(C)C. The van der Waals surface area contributed by atoms with E-state index in [9.17, 15) is 14.0 Å². The molecule has 0 N–H and O–H groups in total. The van der Waals surface area contributed by atoms with Crippen LogP contribution in [0, 0.1) is 5.82 Å². The van der Waals surface area contributed by atoms with Gasteiger partial charge in [0, 0.05) is 13.0 Å². The molecule has 0 saturated carbocycles. The molecule has 0 aliphatic heterocycles. The van der Waals surface area contributed by atoms with Crippen LogP contribution in [0.25, 0.3) is 11.1 Å². The smallest absolute Gasteiger partial charge is 0.410 e. The normalized spacial score (nSPS) is 13.5. The van der Waals surface area contributed by atoms with Crippen LogP contribution in [-0.4, -0.2) is 42.3 Å². The van der Waals surface area contributed by atoms with Crippen molar-refractivity contribution in [1.82, 2.24) is 4.90 Å². The Balaban J connectivity index is 1.47. The van der Waals surface area contributed by atoms with Crippen molar-refractivity contribution in [2.24, 2.45) is 0 Å². The Bertz CT molecular complexity index is 1190. The number of amides is 1. The lowest BCUT2D eigenvalue weighted by Gasteiger charge is -2.30. The highest BCUT2D eigenvalue weighted by Gasteiger charge is 2.34. The molecule has 1 amide bonds. The average Bonchev–Trinajstić information content (AvgIpc) is 3.16. The van der Waals surface area contributed by atoms with Crippen molar-refractivity contribution in [3.05, 3.63) is 95.3 Å². The molecular formula is C30H32FNO4. The lowest BCUT2D eigenvalue weighted by atomic mass is 9.98. The fourth-order valence-electron chi connectivity index (χ4n) is 4.62. The van der Waals surface area contributed by atoms with Gasteiger partial charge >= 0.3 is 12.1 Å². The molecule has 36 heavy (non-hydrogen) atoms. The summed E-state index contributed by atoms with van der Waals surface area (Å²) in [4.78, 5) is 27.5. The number of esters is 1. The van der Waals surface area contributed by atoms with Crippen LogP contribution in [0.3, 0.4) is 0 Å². The maximum Gasteiger partial charge on any atom is 0.410 e. The molecule has 1 aliphatic rings. The number of halogens is 1. The van der Waals surface area contributed by atoms with E-state index >= 15 is 0 Å². The Kier molecular flexibility index (Phi) is 7.43. The molecule has 0 spiro atoms. The predicted molar refractivity (Wildman–Crippen MR) is 137 cm³/mol. The highest BCUT2D eigenvalue weighted by Crippen LogP contribution is 2.44. The van der Waals surface area contributed by atoms with Gasteiger partial charge < -0.3 is 9.47 Å². The zero-order valence-electron chi connectivity index (χ0n) is 21.2. The van der Waals surface area contributed by atoms with Gasteiger partial charge in [-0.05, 0) is 73.6 Å². The van der Waals surface area contributed by atoms with Crippen molar-refractivity contribution >= 4 is 12.1 Å². The van der Waals surface area contributed by atoms with Crippen LogP contribution >= 0.6 is 0 Å². The van der Waals surface area contributed by atoms with Gasteiger partial charge in [-0.1, -0.05) is 60.7 Å². The molecule has 5 nitrogen and oxygen atoms in total. The van der Waals surface area contributed by atoms with Gasteiger partial charge in [0.25, 0.3) is 0 Å². The molecule has 3 aromatic rings. The van der Waals surface area contributed by atoms with Crippen molar-refractivity contribution in [1.29, 1.82) is 0 Å². The summed E-state index contributed by atoms with van der Waals surface area (Å²) in [6, 6.07) is 21.5. The van der Waals surface area contributed by atoms with Crippen molar-refractivity contribution in [2.75, 3.05) is 13.7 Å². The van der Waals surface area contributed by atoms with Crippen LogP contribution in [0.5, 0.6) is 0 Å². The van der Waals surface area contributed by atoms with E-state index in [0.717, 1.165) is 27.8 Å². The number of hydrogen-bond donors (Lipinski definition) is 0. The molecule has 0 bridgehead atoms. The first-order chi connectivity index (χ1) is 17.1. The highest BCUT2D eigenvalue weighted by atomic mass is 19.1. The minimum Gasteiger partial charge on any atom is -0.458 e. The van der Waals surface area contributed by atoms with E-state index in [1.54, 1.807) is 40.0 Å². The Morgan fingerprint density at radius 2 is 1.47 bits per heavy atom. The Morgan fingerprint density at radius 1 is 0.917 bits per heavy atom. The fraction of sp³-hybridized carbons (Fsp3) is 0.333. The molecule has 0 radical (unpaired) electrons. The van der Waals surface area contributed by atoms with E-state index < -0.39 is 23.7 Å². The molecule has 0 fully saturated rings. The minimum atomic E-state index is -0.843. The maximum absolute atomic E-state index is 13.3. The van der Waals surface area contributed by atoms with E-state index in [2.05, 4.69) is 24.3 Å². The quantitative estimate of drug-likeness (QED) is 0.363. The Hall–Kier alpha value is -3.67. The van der Waals surface area contributed by atoms with Gasteiger partial charge in [0.2, 0.25) is 0 Å². The average molecular weight is 490 g/mol. The Labute approximate surface area is 211 Å². The molecule has 188 valence electrons. The number of likely N-dealkylation sites (N-methyl/N-ethyl adjacent to an activating group) is 1. The number of carbonyl (C=O) groups is 2. The van der Waals surface area contributed by atoms with Crippen LogP contribution < -0.4 is 0 Å². The third-order valence-electron chi connectivity index (χ3n) is 6.39. The lowest BCUT2D eigenvalue weighted by molar-refractivity contribution is -0.160. The molecule has 3 aromatic carbocycles. The molecule has 0 aromatic heterocycles. The summed E-state index contributed by atoms with van der Waals surface area (Å²) in [6.07, 6.45) is 0.207. The lowest BCUT2D eigenvalue weighted by Crippen LogP contribution is -2.46. The van der Waals surface area contributed by atoms with E-state index in [0.29, 0.717) is 12.8 Å². The van der Waals surface area contributed by atoms with Crippen LogP contribution in [0.2, 0.25) is 0 Å². The molecule has 1 atom stereocenters. The van der Waals surface area contributed by atoms with Crippen molar-refractivity contribution in [3.63, 3.8) is 0 Å². The number of rotatable bonds is 7. The van der Waals surface area contributed by atoms with Crippen LogP contribution in [0.15, 0.2) is 72.8 Å². The number of nitrogens with zero attached hydrogens (tertiary/aromatic N) is 1. The number of ether oxygens (including phenoxy) is 2.